The maximum Gasteiger partial charge on any atom is 0.273 e. The van der Waals surface area contributed by atoms with Crippen molar-refractivity contribution in [3.8, 4) is 11.3 Å². The summed E-state index contributed by atoms with van der Waals surface area (Å²) in [5.41, 5.74) is 9.84. The van der Waals surface area contributed by atoms with Crippen LogP contribution in [0.1, 0.15) is 27.7 Å². The first-order valence-corrected chi connectivity index (χ1v) is 11.2. The Bertz CT molecular complexity index is 1070. The molecule has 4 N–H and O–H groups in total. The number of carbonyl (C=O) groups is 1. The van der Waals surface area contributed by atoms with Crippen molar-refractivity contribution in [2.45, 2.75) is 12.6 Å². The minimum absolute atomic E-state index is 0.115. The molecule has 0 bridgehead atoms. The molecule has 2 heterocycles. The number of rotatable bonds is 8. The molecule has 1 aromatic heterocycles. The second-order valence-corrected chi connectivity index (χ2v) is 8.03. The average Bonchev–Trinajstić information content (AvgIpc) is 2.87. The van der Waals surface area contributed by atoms with Gasteiger partial charge in [0.15, 0.2) is 11.5 Å². The van der Waals surface area contributed by atoms with Crippen LogP contribution in [0.15, 0.2) is 60.8 Å². The first-order valence-electron chi connectivity index (χ1n) is 11.2. The molecule has 1 fully saturated rings. The molecule has 8 heteroatoms. The summed E-state index contributed by atoms with van der Waals surface area (Å²) < 4.78 is 5.50. The molecule has 1 atom stereocenters. The van der Waals surface area contributed by atoms with Crippen LogP contribution in [0, 0.1) is 0 Å². The number of hydrogen-bond acceptors (Lipinski definition) is 7. The van der Waals surface area contributed by atoms with Gasteiger partial charge in [-0.2, -0.15) is 0 Å². The number of morpholine rings is 1. The molecule has 0 aliphatic carbocycles. The maximum atomic E-state index is 12.0. The Balaban J connectivity index is 1.50. The van der Waals surface area contributed by atoms with E-state index in [1.165, 1.54) is 5.56 Å². The molecular formula is C25H30N6O2. The molecule has 0 radical (unpaired) electrons. The predicted octanol–water partition coefficient (Wildman–Crippen LogP) is 2.25. The van der Waals surface area contributed by atoms with Gasteiger partial charge in [0, 0.05) is 44.8 Å². The van der Waals surface area contributed by atoms with Gasteiger partial charge in [0.1, 0.15) is 0 Å². The Hall–Kier alpha value is -3.33. The van der Waals surface area contributed by atoms with Gasteiger partial charge in [-0.1, -0.05) is 48.5 Å². The zero-order chi connectivity index (χ0) is 23.0. The standard InChI is InChI=1S/C25H30N6O2/c1-27-25(32)23-24(26)29-16-21(30-23)20-9-5-6-18(14-20)15-28-22(19-7-3-2-4-8-19)17-31-10-12-33-13-11-31/h2-9,14,16,22,28H,10-13,15,17H2,1H3,(H2,26,29)(H,27,32). The number of nitrogens with one attached hydrogen (secondary N) is 2. The summed E-state index contributed by atoms with van der Waals surface area (Å²) >= 11 is 0. The van der Waals surface area contributed by atoms with Gasteiger partial charge in [0.05, 0.1) is 25.1 Å². The fourth-order valence-electron chi connectivity index (χ4n) is 3.92. The highest BCUT2D eigenvalue weighted by Gasteiger charge is 2.18. The first kappa shape index (κ1) is 22.8. The number of ether oxygens (including phenoxy) is 1. The highest BCUT2D eigenvalue weighted by molar-refractivity contribution is 5.96. The Morgan fingerprint density at radius 2 is 1.94 bits per heavy atom. The summed E-state index contributed by atoms with van der Waals surface area (Å²) in [5.74, 6) is -0.238. The largest absolute Gasteiger partial charge is 0.382 e. The van der Waals surface area contributed by atoms with E-state index in [0.717, 1.165) is 44.0 Å². The fourth-order valence-corrected chi connectivity index (χ4v) is 3.92. The Morgan fingerprint density at radius 1 is 1.15 bits per heavy atom. The van der Waals surface area contributed by atoms with Gasteiger partial charge in [-0.15, -0.1) is 0 Å². The summed E-state index contributed by atoms with van der Waals surface area (Å²) in [5, 5.41) is 6.27. The molecule has 0 saturated carbocycles. The van der Waals surface area contributed by atoms with Crippen LogP contribution in [0.2, 0.25) is 0 Å². The molecule has 3 aromatic rings. The number of carbonyl (C=O) groups excluding carboxylic acids is 1. The van der Waals surface area contributed by atoms with E-state index in [0.29, 0.717) is 12.2 Å². The highest BCUT2D eigenvalue weighted by atomic mass is 16.5. The lowest BCUT2D eigenvalue weighted by Crippen LogP contribution is -2.41. The van der Waals surface area contributed by atoms with Gasteiger partial charge < -0.3 is 21.1 Å². The second kappa shape index (κ2) is 11.0. The summed E-state index contributed by atoms with van der Waals surface area (Å²) in [6, 6.07) is 18.8. The zero-order valence-electron chi connectivity index (χ0n) is 18.8. The number of nitrogen functional groups attached to an aromatic ring is 1. The third-order valence-corrected chi connectivity index (χ3v) is 5.76. The van der Waals surface area contributed by atoms with Crippen molar-refractivity contribution >= 4 is 11.7 Å². The molecule has 33 heavy (non-hydrogen) atoms. The Kier molecular flexibility index (Phi) is 7.62. The van der Waals surface area contributed by atoms with Gasteiger partial charge in [0.2, 0.25) is 0 Å². The summed E-state index contributed by atoms with van der Waals surface area (Å²) in [4.78, 5) is 23.1. The van der Waals surface area contributed by atoms with Crippen LogP contribution in [-0.4, -0.2) is 60.7 Å². The van der Waals surface area contributed by atoms with Crippen molar-refractivity contribution in [2.24, 2.45) is 0 Å². The lowest BCUT2D eigenvalue weighted by atomic mass is 10.0. The molecule has 1 amide bonds. The zero-order valence-corrected chi connectivity index (χ0v) is 18.8. The van der Waals surface area contributed by atoms with Crippen molar-refractivity contribution in [3.63, 3.8) is 0 Å². The molecular weight excluding hydrogens is 416 g/mol. The number of nitrogens with zero attached hydrogens (tertiary/aromatic N) is 3. The van der Waals surface area contributed by atoms with Crippen LogP contribution in [0.3, 0.4) is 0 Å². The molecule has 1 aliphatic rings. The number of anilines is 1. The smallest absolute Gasteiger partial charge is 0.273 e. The lowest BCUT2D eigenvalue weighted by Gasteiger charge is -2.31. The van der Waals surface area contributed by atoms with Gasteiger partial charge >= 0.3 is 0 Å². The normalized spacial score (nSPS) is 15.2. The SMILES string of the molecule is CNC(=O)c1nc(-c2cccc(CNC(CN3CCOCC3)c3ccccc3)c2)cnc1N. The number of benzene rings is 2. The number of amides is 1. The van der Waals surface area contributed by atoms with Crippen LogP contribution in [0.5, 0.6) is 0 Å². The minimum Gasteiger partial charge on any atom is -0.382 e. The van der Waals surface area contributed by atoms with E-state index in [-0.39, 0.29) is 23.5 Å². The van der Waals surface area contributed by atoms with Gasteiger partial charge in [-0.05, 0) is 17.2 Å². The van der Waals surface area contributed by atoms with Crippen molar-refractivity contribution in [1.82, 2.24) is 25.5 Å². The van der Waals surface area contributed by atoms with Crippen molar-refractivity contribution < 1.29 is 9.53 Å². The van der Waals surface area contributed by atoms with Gasteiger partial charge in [-0.25, -0.2) is 9.97 Å². The monoisotopic (exact) mass is 446 g/mol. The first-order chi connectivity index (χ1) is 16.1. The van der Waals surface area contributed by atoms with E-state index in [2.05, 4.69) is 61.9 Å². The van der Waals surface area contributed by atoms with Crippen LogP contribution >= 0.6 is 0 Å². The molecule has 1 aliphatic heterocycles. The average molecular weight is 447 g/mol. The van der Waals surface area contributed by atoms with E-state index in [4.69, 9.17) is 10.5 Å². The van der Waals surface area contributed by atoms with E-state index in [1.807, 2.05) is 18.2 Å². The third-order valence-electron chi connectivity index (χ3n) is 5.76. The number of aromatic nitrogens is 2. The second-order valence-electron chi connectivity index (χ2n) is 8.03. The summed E-state index contributed by atoms with van der Waals surface area (Å²) in [7, 11) is 1.54. The fraction of sp³-hybridized carbons (Fsp3) is 0.320. The Morgan fingerprint density at radius 3 is 2.70 bits per heavy atom. The van der Waals surface area contributed by atoms with E-state index < -0.39 is 0 Å². The summed E-state index contributed by atoms with van der Waals surface area (Å²) in [6.07, 6.45) is 1.60. The van der Waals surface area contributed by atoms with Gasteiger partial charge in [0.25, 0.3) is 5.91 Å². The molecule has 2 aromatic carbocycles. The molecule has 0 spiro atoms. The Labute approximate surface area is 194 Å². The van der Waals surface area contributed by atoms with Crippen molar-refractivity contribution in [3.05, 3.63) is 77.6 Å². The molecule has 1 saturated heterocycles. The number of hydrogen-bond donors (Lipinski definition) is 3. The van der Waals surface area contributed by atoms with E-state index in [9.17, 15) is 4.79 Å². The molecule has 172 valence electrons. The summed E-state index contributed by atoms with van der Waals surface area (Å²) in [6.45, 7) is 5.08. The van der Waals surface area contributed by atoms with Crippen molar-refractivity contribution in [1.29, 1.82) is 0 Å². The van der Waals surface area contributed by atoms with Crippen LogP contribution in [0.25, 0.3) is 11.3 Å². The maximum absolute atomic E-state index is 12.0. The predicted molar refractivity (Wildman–Crippen MR) is 129 cm³/mol. The van der Waals surface area contributed by atoms with Crippen LogP contribution in [-0.2, 0) is 11.3 Å². The lowest BCUT2D eigenvalue weighted by molar-refractivity contribution is 0.0333. The van der Waals surface area contributed by atoms with Crippen LogP contribution in [0.4, 0.5) is 5.82 Å². The third kappa shape index (κ3) is 5.92. The topological polar surface area (TPSA) is 105 Å². The molecule has 1 unspecified atom stereocenters. The van der Waals surface area contributed by atoms with E-state index >= 15 is 0 Å². The number of nitrogens with two attached hydrogens (primary N) is 1. The minimum atomic E-state index is -0.353. The molecule has 8 nitrogen and oxygen atoms in total. The highest BCUT2D eigenvalue weighted by Crippen LogP contribution is 2.21. The van der Waals surface area contributed by atoms with E-state index in [1.54, 1.807) is 13.2 Å². The molecule has 4 rings (SSSR count). The van der Waals surface area contributed by atoms with Gasteiger partial charge in [-0.3, -0.25) is 9.69 Å². The van der Waals surface area contributed by atoms with Crippen molar-refractivity contribution in [2.75, 3.05) is 45.6 Å². The quantitative estimate of drug-likeness (QED) is 0.487. The van der Waals surface area contributed by atoms with Crippen LogP contribution < -0.4 is 16.4 Å².